The normalized spacial score (nSPS) is 10.2. The quantitative estimate of drug-likeness (QED) is 0.663. The number of carboxylic acid groups (broad SMARTS) is 1. The molecule has 0 saturated heterocycles. The van der Waals surface area contributed by atoms with Crippen molar-refractivity contribution in [2.75, 3.05) is 5.32 Å². The number of nitrogens with zero attached hydrogens (tertiary/aromatic N) is 2. The average molecular weight is 300 g/mol. The van der Waals surface area contributed by atoms with E-state index in [-0.39, 0.29) is 16.4 Å². The van der Waals surface area contributed by atoms with Crippen LogP contribution >= 0.6 is 22.9 Å². The number of hydrogen-bond acceptors (Lipinski definition) is 6. The van der Waals surface area contributed by atoms with Crippen molar-refractivity contribution in [1.82, 2.24) is 4.98 Å². The van der Waals surface area contributed by atoms with E-state index in [1.807, 2.05) is 0 Å². The van der Waals surface area contributed by atoms with Crippen LogP contribution in [0.15, 0.2) is 23.6 Å². The minimum absolute atomic E-state index is 0.0782. The molecule has 7 nitrogen and oxygen atoms in total. The Bertz CT molecular complexity index is 658. The van der Waals surface area contributed by atoms with E-state index in [9.17, 15) is 14.9 Å². The Kier molecular flexibility index (Phi) is 3.63. The first-order chi connectivity index (χ1) is 8.97. The van der Waals surface area contributed by atoms with Crippen LogP contribution in [0.5, 0.6) is 0 Å². The second-order valence-electron chi connectivity index (χ2n) is 3.39. The molecule has 1 heterocycles. The summed E-state index contributed by atoms with van der Waals surface area (Å²) in [6.07, 6.45) is 0. The highest BCUT2D eigenvalue weighted by Crippen LogP contribution is 2.30. The summed E-state index contributed by atoms with van der Waals surface area (Å²) in [5.74, 6) is -1.13. The lowest BCUT2D eigenvalue weighted by molar-refractivity contribution is -0.384. The number of aromatic carboxylic acids is 1. The molecule has 19 heavy (non-hydrogen) atoms. The van der Waals surface area contributed by atoms with Crippen LogP contribution < -0.4 is 5.32 Å². The zero-order valence-corrected chi connectivity index (χ0v) is 10.7. The van der Waals surface area contributed by atoms with Crippen LogP contribution in [0.3, 0.4) is 0 Å². The van der Waals surface area contributed by atoms with Crippen LogP contribution in [0.1, 0.15) is 10.5 Å². The van der Waals surface area contributed by atoms with Crippen molar-refractivity contribution < 1.29 is 14.8 Å². The zero-order valence-electron chi connectivity index (χ0n) is 9.16. The third-order valence-corrected chi connectivity index (χ3v) is 3.20. The molecule has 2 aromatic rings. The summed E-state index contributed by atoms with van der Waals surface area (Å²) in [7, 11) is 0. The third kappa shape index (κ3) is 2.98. The second kappa shape index (κ2) is 5.21. The Labute approximate surface area is 115 Å². The van der Waals surface area contributed by atoms with Crippen molar-refractivity contribution in [3.05, 3.63) is 44.4 Å². The molecular weight excluding hydrogens is 294 g/mol. The molecular formula is C10H6ClN3O4S. The summed E-state index contributed by atoms with van der Waals surface area (Å²) < 4.78 is 0. The lowest BCUT2D eigenvalue weighted by Gasteiger charge is -2.04. The van der Waals surface area contributed by atoms with Crippen LogP contribution in [0.4, 0.5) is 16.5 Å². The second-order valence-corrected chi connectivity index (χ2v) is 4.65. The number of carbonyl (C=O) groups is 1. The molecule has 2 N–H and O–H groups in total. The number of rotatable bonds is 4. The summed E-state index contributed by atoms with van der Waals surface area (Å²) in [6, 6.07) is 3.93. The number of carboxylic acids is 1. The number of anilines is 2. The molecule has 0 fully saturated rings. The van der Waals surface area contributed by atoms with Gasteiger partial charge >= 0.3 is 5.97 Å². The lowest BCUT2D eigenvalue weighted by Crippen LogP contribution is -1.97. The van der Waals surface area contributed by atoms with Crippen LogP contribution in [0.25, 0.3) is 0 Å². The molecule has 1 aromatic carbocycles. The SMILES string of the molecule is O=C(O)c1csc(Nc2ccc([N+](=O)[O-])cc2Cl)n1. The van der Waals surface area contributed by atoms with Gasteiger partial charge in [0.2, 0.25) is 0 Å². The standard InChI is InChI=1S/C10H6ClN3O4S/c11-6-3-5(14(17)18)1-2-7(6)12-10-13-8(4-19-10)9(15)16/h1-4H,(H,12,13)(H,15,16). The highest BCUT2D eigenvalue weighted by atomic mass is 35.5. The van der Waals surface area contributed by atoms with Gasteiger partial charge in [0.1, 0.15) is 0 Å². The molecule has 0 spiro atoms. The van der Waals surface area contributed by atoms with Gasteiger partial charge in [-0.3, -0.25) is 10.1 Å². The Morgan fingerprint density at radius 2 is 2.26 bits per heavy atom. The number of hydrogen-bond donors (Lipinski definition) is 2. The van der Waals surface area contributed by atoms with E-state index >= 15 is 0 Å². The molecule has 9 heteroatoms. The van der Waals surface area contributed by atoms with E-state index in [1.54, 1.807) is 0 Å². The first-order valence-electron chi connectivity index (χ1n) is 4.87. The monoisotopic (exact) mass is 299 g/mol. The van der Waals surface area contributed by atoms with Crippen LogP contribution in [0, 0.1) is 10.1 Å². The summed E-state index contributed by atoms with van der Waals surface area (Å²) in [5.41, 5.74) is 0.213. The van der Waals surface area contributed by atoms with Crippen LogP contribution in [-0.4, -0.2) is 21.0 Å². The number of halogens is 1. The molecule has 0 aliphatic rings. The van der Waals surface area contributed by atoms with Crippen molar-refractivity contribution >= 4 is 45.4 Å². The molecule has 0 saturated carbocycles. The molecule has 0 atom stereocenters. The number of non-ortho nitro benzene ring substituents is 1. The molecule has 0 aliphatic carbocycles. The summed E-state index contributed by atoms with van der Waals surface area (Å²) in [4.78, 5) is 24.5. The van der Waals surface area contributed by atoms with Crippen molar-refractivity contribution in [1.29, 1.82) is 0 Å². The predicted octanol–water partition coefficient (Wildman–Crippen LogP) is 3.15. The summed E-state index contributed by atoms with van der Waals surface area (Å²) in [6.45, 7) is 0. The lowest BCUT2D eigenvalue weighted by atomic mass is 10.3. The number of thiazole rings is 1. The number of nitro benzene ring substituents is 1. The van der Waals surface area contributed by atoms with E-state index in [4.69, 9.17) is 16.7 Å². The number of nitrogens with one attached hydrogen (secondary N) is 1. The fourth-order valence-corrected chi connectivity index (χ4v) is 2.18. The maximum atomic E-state index is 10.7. The van der Waals surface area contributed by atoms with E-state index in [1.165, 1.54) is 23.6 Å². The van der Waals surface area contributed by atoms with Crippen LogP contribution in [-0.2, 0) is 0 Å². The minimum atomic E-state index is -1.13. The van der Waals surface area contributed by atoms with Gasteiger partial charge in [0.15, 0.2) is 10.8 Å². The Morgan fingerprint density at radius 3 is 2.79 bits per heavy atom. The topological polar surface area (TPSA) is 105 Å². The Morgan fingerprint density at radius 1 is 1.53 bits per heavy atom. The smallest absolute Gasteiger partial charge is 0.355 e. The van der Waals surface area contributed by atoms with E-state index in [0.29, 0.717) is 10.8 Å². The van der Waals surface area contributed by atoms with Gasteiger partial charge < -0.3 is 10.4 Å². The Balaban J connectivity index is 2.23. The molecule has 0 radical (unpaired) electrons. The van der Waals surface area contributed by atoms with Crippen molar-refractivity contribution in [2.45, 2.75) is 0 Å². The predicted molar refractivity (Wildman–Crippen MR) is 70.5 cm³/mol. The average Bonchev–Trinajstić information content (AvgIpc) is 2.80. The molecule has 0 amide bonds. The van der Waals surface area contributed by atoms with Crippen molar-refractivity contribution in [3.63, 3.8) is 0 Å². The number of benzene rings is 1. The van der Waals surface area contributed by atoms with E-state index in [0.717, 1.165) is 11.3 Å². The van der Waals surface area contributed by atoms with Gasteiger partial charge in [0.25, 0.3) is 5.69 Å². The third-order valence-electron chi connectivity index (χ3n) is 2.13. The van der Waals surface area contributed by atoms with Gasteiger partial charge in [-0.15, -0.1) is 11.3 Å². The van der Waals surface area contributed by atoms with Gasteiger partial charge in [-0.1, -0.05) is 11.6 Å². The molecule has 1 aromatic heterocycles. The fraction of sp³-hybridized carbons (Fsp3) is 0. The van der Waals surface area contributed by atoms with Gasteiger partial charge in [0, 0.05) is 17.5 Å². The largest absolute Gasteiger partial charge is 0.476 e. The fourth-order valence-electron chi connectivity index (χ4n) is 1.26. The molecule has 0 bridgehead atoms. The van der Waals surface area contributed by atoms with Crippen molar-refractivity contribution in [2.24, 2.45) is 0 Å². The number of aromatic nitrogens is 1. The van der Waals surface area contributed by atoms with E-state index in [2.05, 4.69) is 10.3 Å². The molecule has 0 unspecified atom stereocenters. The van der Waals surface area contributed by atoms with Gasteiger partial charge in [0.05, 0.1) is 15.6 Å². The highest BCUT2D eigenvalue weighted by Gasteiger charge is 2.12. The molecule has 2 rings (SSSR count). The summed E-state index contributed by atoms with van der Waals surface area (Å²) in [5, 5.41) is 24.0. The number of nitro groups is 1. The van der Waals surface area contributed by atoms with Crippen molar-refractivity contribution in [3.8, 4) is 0 Å². The van der Waals surface area contributed by atoms with E-state index < -0.39 is 10.9 Å². The summed E-state index contributed by atoms with van der Waals surface area (Å²) >= 11 is 6.98. The first kappa shape index (κ1) is 13.2. The highest BCUT2D eigenvalue weighted by molar-refractivity contribution is 7.14. The Hall–Kier alpha value is -2.19. The van der Waals surface area contributed by atoms with Crippen LogP contribution in [0.2, 0.25) is 5.02 Å². The first-order valence-corrected chi connectivity index (χ1v) is 6.13. The zero-order chi connectivity index (χ0) is 14.0. The maximum Gasteiger partial charge on any atom is 0.355 e. The minimum Gasteiger partial charge on any atom is -0.476 e. The molecule has 0 aliphatic heterocycles. The van der Waals surface area contributed by atoms with Gasteiger partial charge in [-0.05, 0) is 6.07 Å². The maximum absolute atomic E-state index is 10.7. The van der Waals surface area contributed by atoms with Gasteiger partial charge in [-0.25, -0.2) is 9.78 Å². The van der Waals surface area contributed by atoms with Gasteiger partial charge in [-0.2, -0.15) is 0 Å². The molecule has 98 valence electrons.